The summed E-state index contributed by atoms with van der Waals surface area (Å²) >= 11 is 5.74. The van der Waals surface area contributed by atoms with Crippen molar-refractivity contribution in [1.82, 2.24) is 0 Å². The van der Waals surface area contributed by atoms with Crippen LogP contribution in [0, 0.1) is 0 Å². The van der Waals surface area contributed by atoms with Crippen molar-refractivity contribution < 1.29 is 4.74 Å². The number of hydrogen-bond donors (Lipinski definition) is 0. The Labute approximate surface area is 84.0 Å². The van der Waals surface area contributed by atoms with E-state index < -0.39 is 0 Å². The summed E-state index contributed by atoms with van der Waals surface area (Å²) in [6.45, 7) is 6.93. The van der Waals surface area contributed by atoms with Gasteiger partial charge < -0.3 is 4.74 Å². The van der Waals surface area contributed by atoms with E-state index in [1.54, 1.807) is 0 Å². The molecule has 0 aliphatic rings. The molecule has 0 fully saturated rings. The first-order chi connectivity index (χ1) is 6.18. The van der Waals surface area contributed by atoms with Gasteiger partial charge in [0.1, 0.15) is 0 Å². The molecule has 0 saturated carbocycles. The lowest BCUT2D eigenvalue weighted by Crippen LogP contribution is -1.95. The summed E-state index contributed by atoms with van der Waals surface area (Å²) in [7, 11) is 0. The van der Waals surface area contributed by atoms with Crippen LogP contribution in [0.5, 0.6) is 0 Å². The van der Waals surface area contributed by atoms with Gasteiger partial charge in [0.25, 0.3) is 0 Å². The molecule has 0 amide bonds. The first-order valence-electron chi connectivity index (χ1n) is 4.15. The highest BCUT2D eigenvalue weighted by Crippen LogP contribution is 2.10. The summed E-state index contributed by atoms with van der Waals surface area (Å²) in [5.41, 5.74) is 2.17. The third-order valence-corrected chi connectivity index (χ3v) is 1.78. The summed E-state index contributed by atoms with van der Waals surface area (Å²) < 4.78 is 5.38. The molecule has 0 heterocycles. The number of benzene rings is 1. The summed E-state index contributed by atoms with van der Waals surface area (Å²) in [6.07, 6.45) is 0. The van der Waals surface area contributed by atoms with Gasteiger partial charge in [-0.25, -0.2) is 0 Å². The number of hydrogen-bond acceptors (Lipinski definition) is 1. The zero-order valence-electron chi connectivity index (χ0n) is 7.72. The third kappa shape index (κ3) is 4.11. The van der Waals surface area contributed by atoms with Crippen molar-refractivity contribution in [2.24, 2.45) is 0 Å². The van der Waals surface area contributed by atoms with E-state index in [2.05, 4.69) is 6.58 Å². The van der Waals surface area contributed by atoms with E-state index in [0.29, 0.717) is 13.2 Å². The van der Waals surface area contributed by atoms with Gasteiger partial charge in [-0.15, -0.1) is 0 Å². The molecule has 1 aromatic rings. The fraction of sp³-hybridized carbons (Fsp3) is 0.273. The zero-order chi connectivity index (χ0) is 9.68. The van der Waals surface area contributed by atoms with Gasteiger partial charge in [-0.2, -0.15) is 0 Å². The van der Waals surface area contributed by atoms with E-state index in [9.17, 15) is 0 Å². The highest BCUT2D eigenvalue weighted by molar-refractivity contribution is 6.30. The number of halogens is 1. The SMILES string of the molecule is C=C(C)COCc1ccc(Cl)cc1. The van der Waals surface area contributed by atoms with Crippen LogP contribution in [-0.4, -0.2) is 6.61 Å². The molecule has 1 aromatic carbocycles. The minimum Gasteiger partial charge on any atom is -0.372 e. The normalized spacial score (nSPS) is 10.0. The van der Waals surface area contributed by atoms with Gasteiger partial charge >= 0.3 is 0 Å². The molecule has 0 aliphatic carbocycles. The quantitative estimate of drug-likeness (QED) is 0.671. The Bertz CT molecular complexity index is 277. The summed E-state index contributed by atoms with van der Waals surface area (Å²) in [5, 5.41) is 0.753. The van der Waals surface area contributed by atoms with Crippen molar-refractivity contribution in [3.8, 4) is 0 Å². The minimum atomic E-state index is 0.614. The molecule has 0 spiro atoms. The second-order valence-corrected chi connectivity index (χ2v) is 3.51. The van der Waals surface area contributed by atoms with E-state index in [-0.39, 0.29) is 0 Å². The van der Waals surface area contributed by atoms with E-state index in [1.807, 2.05) is 31.2 Å². The van der Waals surface area contributed by atoms with Crippen LogP contribution in [0.1, 0.15) is 12.5 Å². The van der Waals surface area contributed by atoms with Crippen LogP contribution >= 0.6 is 11.6 Å². The van der Waals surface area contributed by atoms with Gasteiger partial charge in [-0.3, -0.25) is 0 Å². The molecule has 1 nitrogen and oxygen atoms in total. The van der Waals surface area contributed by atoms with Crippen LogP contribution in [0.4, 0.5) is 0 Å². The molecule has 0 saturated heterocycles. The van der Waals surface area contributed by atoms with Crippen LogP contribution in [0.2, 0.25) is 5.02 Å². The maximum atomic E-state index is 5.74. The average Bonchev–Trinajstić information content (AvgIpc) is 2.08. The molecular weight excluding hydrogens is 184 g/mol. The fourth-order valence-electron chi connectivity index (χ4n) is 0.924. The Morgan fingerprint density at radius 3 is 2.54 bits per heavy atom. The topological polar surface area (TPSA) is 9.23 Å². The molecule has 0 aliphatic heterocycles. The highest BCUT2D eigenvalue weighted by atomic mass is 35.5. The van der Waals surface area contributed by atoms with Gasteiger partial charge in [-0.05, 0) is 24.6 Å². The van der Waals surface area contributed by atoms with Gasteiger partial charge in [-0.1, -0.05) is 35.9 Å². The largest absolute Gasteiger partial charge is 0.372 e. The first-order valence-corrected chi connectivity index (χ1v) is 4.53. The minimum absolute atomic E-state index is 0.614. The van der Waals surface area contributed by atoms with Gasteiger partial charge in [0.2, 0.25) is 0 Å². The van der Waals surface area contributed by atoms with Crippen LogP contribution < -0.4 is 0 Å². The molecule has 0 radical (unpaired) electrons. The molecule has 1 rings (SSSR count). The van der Waals surface area contributed by atoms with Crippen molar-refractivity contribution >= 4 is 11.6 Å². The van der Waals surface area contributed by atoms with E-state index >= 15 is 0 Å². The van der Waals surface area contributed by atoms with Gasteiger partial charge in [0.05, 0.1) is 13.2 Å². The number of rotatable bonds is 4. The summed E-state index contributed by atoms with van der Waals surface area (Å²) in [4.78, 5) is 0. The molecule has 2 heteroatoms. The maximum absolute atomic E-state index is 5.74. The summed E-state index contributed by atoms with van der Waals surface area (Å²) in [6, 6.07) is 7.64. The fourth-order valence-corrected chi connectivity index (χ4v) is 1.05. The van der Waals surface area contributed by atoms with Crippen molar-refractivity contribution in [1.29, 1.82) is 0 Å². The van der Waals surface area contributed by atoms with Gasteiger partial charge in [0.15, 0.2) is 0 Å². The molecule has 0 unspecified atom stereocenters. The van der Waals surface area contributed by atoms with Crippen LogP contribution in [0.25, 0.3) is 0 Å². The lowest BCUT2D eigenvalue weighted by Gasteiger charge is -2.03. The molecule has 0 bridgehead atoms. The first kappa shape index (κ1) is 10.3. The Morgan fingerprint density at radius 2 is 2.00 bits per heavy atom. The third-order valence-electron chi connectivity index (χ3n) is 1.53. The predicted octanol–water partition coefficient (Wildman–Crippen LogP) is 3.43. The summed E-state index contributed by atoms with van der Waals surface area (Å²) in [5.74, 6) is 0. The molecule has 0 atom stereocenters. The van der Waals surface area contributed by atoms with Gasteiger partial charge in [0, 0.05) is 5.02 Å². The van der Waals surface area contributed by atoms with Crippen molar-refractivity contribution in [2.75, 3.05) is 6.61 Å². The van der Waals surface area contributed by atoms with Crippen molar-refractivity contribution in [2.45, 2.75) is 13.5 Å². The second-order valence-electron chi connectivity index (χ2n) is 3.08. The van der Waals surface area contributed by atoms with Crippen LogP contribution in [-0.2, 0) is 11.3 Å². The Hall–Kier alpha value is -0.790. The van der Waals surface area contributed by atoms with Crippen molar-refractivity contribution in [3.63, 3.8) is 0 Å². The average molecular weight is 197 g/mol. The Balaban J connectivity index is 2.37. The second kappa shape index (κ2) is 5.05. The monoisotopic (exact) mass is 196 g/mol. The maximum Gasteiger partial charge on any atom is 0.0721 e. The molecule has 0 aromatic heterocycles. The molecule has 70 valence electrons. The number of ether oxygens (including phenoxy) is 1. The zero-order valence-corrected chi connectivity index (χ0v) is 8.47. The Morgan fingerprint density at radius 1 is 1.38 bits per heavy atom. The standard InChI is InChI=1S/C11H13ClO/c1-9(2)7-13-8-10-3-5-11(12)6-4-10/h3-6H,1,7-8H2,2H3. The van der Waals surface area contributed by atoms with E-state index in [4.69, 9.17) is 16.3 Å². The lowest BCUT2D eigenvalue weighted by atomic mass is 10.2. The predicted molar refractivity (Wildman–Crippen MR) is 55.9 cm³/mol. The van der Waals surface area contributed by atoms with E-state index in [0.717, 1.165) is 16.2 Å². The molecule has 0 N–H and O–H groups in total. The highest BCUT2D eigenvalue weighted by Gasteiger charge is 1.93. The molecular formula is C11H13ClO. The van der Waals surface area contributed by atoms with E-state index in [1.165, 1.54) is 0 Å². The Kier molecular flexibility index (Phi) is 4.00. The van der Waals surface area contributed by atoms with Crippen molar-refractivity contribution in [3.05, 3.63) is 47.0 Å². The smallest absolute Gasteiger partial charge is 0.0721 e. The lowest BCUT2D eigenvalue weighted by molar-refractivity contribution is 0.143. The van der Waals surface area contributed by atoms with Crippen LogP contribution in [0.3, 0.4) is 0 Å². The molecule has 13 heavy (non-hydrogen) atoms. The van der Waals surface area contributed by atoms with Crippen LogP contribution in [0.15, 0.2) is 36.4 Å².